The molecular formula is C21H26N4O3. The van der Waals surface area contributed by atoms with E-state index in [9.17, 15) is 14.4 Å². The molecule has 0 unspecified atom stereocenters. The summed E-state index contributed by atoms with van der Waals surface area (Å²) in [6, 6.07) is 6.99. The summed E-state index contributed by atoms with van der Waals surface area (Å²) >= 11 is 0. The molecule has 1 N–H and O–H groups in total. The van der Waals surface area contributed by atoms with Crippen LogP contribution in [0.2, 0.25) is 0 Å². The number of fused-ring (bicyclic) bond motifs is 1. The van der Waals surface area contributed by atoms with Crippen molar-refractivity contribution in [2.45, 2.75) is 38.5 Å². The topological polar surface area (TPSA) is 86.4 Å². The van der Waals surface area contributed by atoms with Crippen LogP contribution in [-0.4, -0.2) is 58.0 Å². The normalized spacial score (nSPS) is 18.0. The van der Waals surface area contributed by atoms with Gasteiger partial charge in [0, 0.05) is 38.0 Å². The van der Waals surface area contributed by atoms with E-state index in [2.05, 4.69) is 10.2 Å². The molecule has 0 radical (unpaired) electrons. The summed E-state index contributed by atoms with van der Waals surface area (Å²) in [4.78, 5) is 40.9. The van der Waals surface area contributed by atoms with Gasteiger partial charge in [-0.05, 0) is 18.4 Å². The molecule has 1 aliphatic heterocycles. The third-order valence-corrected chi connectivity index (χ3v) is 6.06. The molecule has 2 amide bonds. The number of benzene rings is 1. The smallest absolute Gasteiger partial charge is 0.275 e. The second-order valence-corrected chi connectivity index (χ2v) is 7.81. The Morgan fingerprint density at radius 2 is 1.64 bits per heavy atom. The summed E-state index contributed by atoms with van der Waals surface area (Å²) in [5.74, 6) is 0.712. The molecule has 4 rings (SSSR count). The maximum Gasteiger partial charge on any atom is 0.275 e. The van der Waals surface area contributed by atoms with Gasteiger partial charge in [-0.2, -0.15) is 5.10 Å². The molecule has 0 spiro atoms. The van der Waals surface area contributed by atoms with Gasteiger partial charge >= 0.3 is 0 Å². The lowest BCUT2D eigenvalue weighted by Gasteiger charge is -2.35. The number of nitrogens with zero attached hydrogens (tertiary/aromatic N) is 3. The van der Waals surface area contributed by atoms with Gasteiger partial charge in [0.25, 0.3) is 11.5 Å². The molecule has 1 aliphatic carbocycles. The number of nitrogens with one attached hydrogen (secondary N) is 1. The maximum absolute atomic E-state index is 12.9. The number of hydrogen-bond acceptors (Lipinski definition) is 4. The van der Waals surface area contributed by atoms with Gasteiger partial charge in [-0.3, -0.25) is 14.4 Å². The highest BCUT2D eigenvalue weighted by atomic mass is 16.2. The van der Waals surface area contributed by atoms with Crippen LogP contribution in [0, 0.1) is 5.92 Å². The average Bonchev–Trinajstić information content (AvgIpc) is 3.26. The lowest BCUT2D eigenvalue weighted by molar-refractivity contribution is -0.133. The van der Waals surface area contributed by atoms with Crippen LogP contribution in [0.3, 0.4) is 0 Å². The highest BCUT2D eigenvalue weighted by molar-refractivity contribution is 6.04. The Hall–Kier alpha value is -2.70. The number of aromatic amines is 1. The molecule has 2 aromatic rings. The number of rotatable bonds is 4. The van der Waals surface area contributed by atoms with Crippen LogP contribution in [0.5, 0.6) is 0 Å². The molecule has 28 heavy (non-hydrogen) atoms. The fourth-order valence-corrected chi connectivity index (χ4v) is 4.37. The van der Waals surface area contributed by atoms with Crippen molar-refractivity contribution < 1.29 is 9.59 Å². The third kappa shape index (κ3) is 3.79. The molecule has 1 aromatic carbocycles. The minimum atomic E-state index is -0.301. The van der Waals surface area contributed by atoms with E-state index in [1.807, 2.05) is 4.90 Å². The van der Waals surface area contributed by atoms with E-state index >= 15 is 0 Å². The molecule has 2 aliphatic rings. The Kier molecular flexibility index (Phi) is 5.41. The first kappa shape index (κ1) is 18.7. The van der Waals surface area contributed by atoms with Crippen molar-refractivity contribution in [2.75, 3.05) is 26.2 Å². The first-order chi connectivity index (χ1) is 13.6. The highest BCUT2D eigenvalue weighted by Gasteiger charge is 2.27. The van der Waals surface area contributed by atoms with E-state index in [1.165, 1.54) is 25.7 Å². The Morgan fingerprint density at radius 3 is 2.36 bits per heavy atom. The fraction of sp³-hybridized carbons (Fsp3) is 0.524. The Labute approximate surface area is 163 Å². The Bertz CT molecular complexity index is 925. The minimum Gasteiger partial charge on any atom is -0.339 e. The SMILES string of the molecule is O=C(CCC1CCCC1)N1CCN(C(=O)c2n[nH]c(=O)c3ccccc23)CC1. The van der Waals surface area contributed by atoms with E-state index < -0.39 is 0 Å². The number of amides is 2. The van der Waals surface area contributed by atoms with Gasteiger partial charge in [0.2, 0.25) is 5.91 Å². The van der Waals surface area contributed by atoms with E-state index in [-0.39, 0.29) is 23.1 Å². The molecule has 7 nitrogen and oxygen atoms in total. The number of carbonyl (C=O) groups is 2. The quantitative estimate of drug-likeness (QED) is 0.878. The van der Waals surface area contributed by atoms with Crippen molar-refractivity contribution in [1.29, 1.82) is 0 Å². The largest absolute Gasteiger partial charge is 0.339 e. The zero-order valence-corrected chi connectivity index (χ0v) is 16.0. The fourth-order valence-electron chi connectivity index (χ4n) is 4.37. The van der Waals surface area contributed by atoms with Crippen LogP contribution in [0.4, 0.5) is 0 Å². The zero-order valence-electron chi connectivity index (χ0n) is 16.0. The Balaban J connectivity index is 1.37. The summed E-state index contributed by atoms with van der Waals surface area (Å²) in [6.45, 7) is 2.08. The summed E-state index contributed by atoms with van der Waals surface area (Å²) in [5, 5.41) is 7.44. The van der Waals surface area contributed by atoms with Gasteiger partial charge in [0.05, 0.1) is 5.39 Å². The van der Waals surface area contributed by atoms with Gasteiger partial charge < -0.3 is 9.80 Å². The van der Waals surface area contributed by atoms with Crippen molar-refractivity contribution >= 4 is 22.6 Å². The maximum atomic E-state index is 12.9. The summed E-state index contributed by atoms with van der Waals surface area (Å²) in [7, 11) is 0. The lowest BCUT2D eigenvalue weighted by atomic mass is 10.0. The molecule has 1 saturated carbocycles. The number of hydrogen-bond donors (Lipinski definition) is 1. The molecule has 1 saturated heterocycles. The summed E-state index contributed by atoms with van der Waals surface area (Å²) in [5.41, 5.74) is -0.0407. The Morgan fingerprint density at radius 1 is 1.00 bits per heavy atom. The van der Waals surface area contributed by atoms with Crippen LogP contribution < -0.4 is 5.56 Å². The standard InChI is InChI=1S/C21H26N4O3/c26-18(10-9-15-5-1-2-6-15)24-11-13-25(14-12-24)21(28)19-16-7-3-4-8-17(16)20(27)23-22-19/h3-4,7-8,15H,1-2,5-6,9-14H2,(H,23,27). The highest BCUT2D eigenvalue weighted by Crippen LogP contribution is 2.28. The molecule has 2 fully saturated rings. The van der Waals surface area contributed by atoms with Crippen LogP contribution in [-0.2, 0) is 4.79 Å². The van der Waals surface area contributed by atoms with Gasteiger partial charge in [0.15, 0.2) is 5.69 Å². The zero-order chi connectivity index (χ0) is 19.5. The van der Waals surface area contributed by atoms with Gasteiger partial charge in [-0.15, -0.1) is 0 Å². The predicted octanol–water partition coefficient (Wildman–Crippen LogP) is 2.18. The average molecular weight is 382 g/mol. The van der Waals surface area contributed by atoms with Crippen LogP contribution >= 0.6 is 0 Å². The first-order valence-corrected chi connectivity index (χ1v) is 10.2. The molecule has 2 heterocycles. The van der Waals surface area contributed by atoms with Crippen molar-refractivity contribution in [3.05, 3.63) is 40.3 Å². The molecular weight excluding hydrogens is 356 g/mol. The number of H-pyrrole nitrogens is 1. The van der Waals surface area contributed by atoms with Gasteiger partial charge in [0.1, 0.15) is 0 Å². The molecule has 0 atom stereocenters. The summed E-state index contributed by atoms with van der Waals surface area (Å²) < 4.78 is 0. The van der Waals surface area contributed by atoms with E-state index in [4.69, 9.17) is 0 Å². The van der Waals surface area contributed by atoms with Crippen molar-refractivity contribution in [1.82, 2.24) is 20.0 Å². The predicted molar refractivity (Wildman–Crippen MR) is 106 cm³/mol. The van der Waals surface area contributed by atoms with E-state index in [1.54, 1.807) is 29.2 Å². The lowest BCUT2D eigenvalue weighted by Crippen LogP contribution is -2.50. The molecule has 0 bridgehead atoms. The van der Waals surface area contributed by atoms with Gasteiger partial charge in [-0.25, -0.2) is 5.10 Å². The first-order valence-electron chi connectivity index (χ1n) is 10.2. The van der Waals surface area contributed by atoms with Crippen LogP contribution in [0.1, 0.15) is 49.0 Å². The van der Waals surface area contributed by atoms with E-state index in [0.717, 1.165) is 6.42 Å². The third-order valence-electron chi connectivity index (χ3n) is 6.06. The van der Waals surface area contributed by atoms with Crippen molar-refractivity contribution in [2.24, 2.45) is 5.92 Å². The number of aromatic nitrogens is 2. The van der Waals surface area contributed by atoms with Crippen molar-refractivity contribution in [3.8, 4) is 0 Å². The second kappa shape index (κ2) is 8.12. The second-order valence-electron chi connectivity index (χ2n) is 7.81. The molecule has 1 aromatic heterocycles. The summed E-state index contributed by atoms with van der Waals surface area (Å²) in [6.07, 6.45) is 6.72. The van der Waals surface area contributed by atoms with E-state index in [0.29, 0.717) is 49.3 Å². The van der Waals surface area contributed by atoms with Crippen molar-refractivity contribution in [3.63, 3.8) is 0 Å². The van der Waals surface area contributed by atoms with Crippen LogP contribution in [0.15, 0.2) is 29.1 Å². The number of carbonyl (C=O) groups excluding carboxylic acids is 2. The molecule has 7 heteroatoms. The van der Waals surface area contributed by atoms with Gasteiger partial charge in [-0.1, -0.05) is 43.9 Å². The minimum absolute atomic E-state index is 0.201. The van der Waals surface area contributed by atoms with Crippen LogP contribution in [0.25, 0.3) is 10.8 Å². The monoisotopic (exact) mass is 382 g/mol. The molecule has 148 valence electrons. The number of piperazine rings is 1.